The van der Waals surface area contributed by atoms with E-state index in [4.69, 9.17) is 0 Å². The lowest BCUT2D eigenvalue weighted by Crippen LogP contribution is -2.48. The number of amides is 1. The molecule has 2 heterocycles. The maximum absolute atomic E-state index is 14.0. The van der Waals surface area contributed by atoms with Gasteiger partial charge in [-0.2, -0.15) is 5.10 Å². The Morgan fingerprint density at radius 2 is 2.04 bits per heavy atom. The number of piperidine rings is 1. The molecule has 7 heteroatoms. The topological polar surface area (TPSA) is 75.4 Å². The molecule has 0 unspecified atom stereocenters. The van der Waals surface area contributed by atoms with E-state index in [0.29, 0.717) is 24.2 Å². The van der Waals surface area contributed by atoms with Crippen LogP contribution >= 0.6 is 0 Å². The summed E-state index contributed by atoms with van der Waals surface area (Å²) in [6, 6.07) is 5.34. The first-order valence-corrected chi connectivity index (χ1v) is 7.84. The Balaban J connectivity index is 1.94. The highest BCUT2D eigenvalue weighted by Gasteiger charge is 2.33. The maximum atomic E-state index is 14.0. The number of likely N-dealkylation sites (tertiary alicyclic amines) is 1. The predicted molar refractivity (Wildman–Crippen MR) is 84.6 cm³/mol. The van der Waals surface area contributed by atoms with Crippen LogP contribution in [0.1, 0.15) is 35.3 Å². The van der Waals surface area contributed by atoms with Gasteiger partial charge in [0.15, 0.2) is 0 Å². The molecular formula is C17H18FN3O3. The largest absolute Gasteiger partial charge is 0.480 e. The van der Waals surface area contributed by atoms with Crippen molar-refractivity contribution in [3.63, 3.8) is 0 Å². The number of carboxylic acids is 1. The Labute approximate surface area is 138 Å². The first kappa shape index (κ1) is 16.2. The molecule has 0 saturated carbocycles. The van der Waals surface area contributed by atoms with Crippen molar-refractivity contribution >= 4 is 11.9 Å². The molecule has 24 heavy (non-hydrogen) atoms. The summed E-state index contributed by atoms with van der Waals surface area (Å²) >= 11 is 0. The first-order valence-electron chi connectivity index (χ1n) is 7.84. The van der Waals surface area contributed by atoms with E-state index in [1.807, 2.05) is 0 Å². The summed E-state index contributed by atoms with van der Waals surface area (Å²) in [4.78, 5) is 25.5. The molecule has 0 spiro atoms. The van der Waals surface area contributed by atoms with Crippen molar-refractivity contribution in [1.29, 1.82) is 0 Å². The van der Waals surface area contributed by atoms with Gasteiger partial charge in [0.05, 0.1) is 17.5 Å². The monoisotopic (exact) mass is 331 g/mol. The number of hydrogen-bond donors (Lipinski definition) is 1. The van der Waals surface area contributed by atoms with Crippen LogP contribution < -0.4 is 0 Å². The molecule has 1 N–H and O–H groups in total. The highest BCUT2D eigenvalue weighted by atomic mass is 19.1. The summed E-state index contributed by atoms with van der Waals surface area (Å²) in [5, 5.41) is 13.4. The Kier molecular flexibility index (Phi) is 4.33. The molecule has 1 aromatic heterocycles. The summed E-state index contributed by atoms with van der Waals surface area (Å²) in [7, 11) is 0. The first-order chi connectivity index (χ1) is 11.5. The zero-order chi connectivity index (χ0) is 17.3. The minimum absolute atomic E-state index is 0.252. The van der Waals surface area contributed by atoms with Crippen LogP contribution in [0.15, 0.2) is 30.5 Å². The minimum atomic E-state index is -0.998. The van der Waals surface area contributed by atoms with E-state index in [1.54, 1.807) is 25.1 Å². The Morgan fingerprint density at radius 3 is 2.75 bits per heavy atom. The van der Waals surface area contributed by atoms with Crippen molar-refractivity contribution in [2.75, 3.05) is 6.54 Å². The molecule has 1 aliphatic rings. The van der Waals surface area contributed by atoms with Crippen LogP contribution in [0.25, 0.3) is 5.69 Å². The third-order valence-corrected chi connectivity index (χ3v) is 4.37. The lowest BCUT2D eigenvalue weighted by Gasteiger charge is -2.32. The van der Waals surface area contributed by atoms with Crippen molar-refractivity contribution in [2.24, 2.45) is 0 Å². The smallest absolute Gasteiger partial charge is 0.326 e. The lowest BCUT2D eigenvalue weighted by molar-refractivity contribution is -0.143. The van der Waals surface area contributed by atoms with Crippen molar-refractivity contribution in [2.45, 2.75) is 32.2 Å². The summed E-state index contributed by atoms with van der Waals surface area (Å²) in [5.74, 6) is -1.81. The zero-order valence-corrected chi connectivity index (χ0v) is 13.3. The number of aliphatic carboxylic acids is 1. The highest BCUT2D eigenvalue weighted by Crippen LogP contribution is 2.23. The minimum Gasteiger partial charge on any atom is -0.480 e. The summed E-state index contributed by atoms with van der Waals surface area (Å²) < 4.78 is 15.3. The molecule has 126 valence electrons. The number of benzene rings is 1. The van der Waals surface area contributed by atoms with Crippen LogP contribution in [0.3, 0.4) is 0 Å². The highest BCUT2D eigenvalue weighted by molar-refractivity contribution is 5.97. The van der Waals surface area contributed by atoms with E-state index >= 15 is 0 Å². The van der Waals surface area contributed by atoms with Gasteiger partial charge >= 0.3 is 5.97 Å². The molecule has 6 nitrogen and oxygen atoms in total. The quantitative estimate of drug-likeness (QED) is 0.937. The van der Waals surface area contributed by atoms with Gasteiger partial charge in [0.25, 0.3) is 5.91 Å². The predicted octanol–water partition coefficient (Wildman–Crippen LogP) is 2.40. The fourth-order valence-corrected chi connectivity index (χ4v) is 3.07. The molecule has 0 bridgehead atoms. The molecule has 2 aromatic rings. The van der Waals surface area contributed by atoms with Crippen molar-refractivity contribution in [3.8, 4) is 5.69 Å². The van der Waals surface area contributed by atoms with Gasteiger partial charge in [0.2, 0.25) is 0 Å². The molecular weight excluding hydrogens is 313 g/mol. The van der Waals surface area contributed by atoms with Crippen LogP contribution in [0.5, 0.6) is 0 Å². The third-order valence-electron chi connectivity index (χ3n) is 4.37. The molecule has 1 aliphatic heterocycles. The average molecular weight is 331 g/mol. The zero-order valence-electron chi connectivity index (χ0n) is 13.3. The Bertz CT molecular complexity index is 787. The Hall–Kier alpha value is -2.70. The van der Waals surface area contributed by atoms with E-state index in [0.717, 1.165) is 12.8 Å². The lowest BCUT2D eigenvalue weighted by atomic mass is 10.0. The molecule has 1 aromatic carbocycles. The number of hydrogen-bond acceptors (Lipinski definition) is 3. The number of carbonyl (C=O) groups is 2. The number of aromatic nitrogens is 2. The number of para-hydroxylation sites is 1. The summed E-state index contributed by atoms with van der Waals surface area (Å²) in [6.07, 6.45) is 3.38. The molecule has 1 atom stereocenters. The number of halogens is 1. The second kappa shape index (κ2) is 6.43. The number of rotatable bonds is 3. The van der Waals surface area contributed by atoms with E-state index in [2.05, 4.69) is 5.10 Å². The number of carbonyl (C=O) groups excluding carboxylic acids is 1. The van der Waals surface area contributed by atoms with Gasteiger partial charge in [0.1, 0.15) is 17.5 Å². The van der Waals surface area contributed by atoms with E-state index < -0.39 is 17.8 Å². The molecule has 3 rings (SSSR count). The molecule has 0 aliphatic carbocycles. The third kappa shape index (κ3) is 2.77. The van der Waals surface area contributed by atoms with E-state index in [-0.39, 0.29) is 11.6 Å². The van der Waals surface area contributed by atoms with Crippen LogP contribution in [0.4, 0.5) is 4.39 Å². The molecule has 1 amide bonds. The standard InChI is InChI=1S/C17H18FN3O3/c1-11-12(10-19-21(11)14-7-3-2-6-13(14)18)16(22)20-9-5-4-8-15(20)17(23)24/h2-3,6-7,10,15H,4-5,8-9H2,1H3,(H,23,24)/t15-/m1/s1. The van der Waals surface area contributed by atoms with E-state index in [9.17, 15) is 19.1 Å². The van der Waals surface area contributed by atoms with Gasteiger partial charge < -0.3 is 10.0 Å². The van der Waals surface area contributed by atoms with Gasteiger partial charge in [-0.1, -0.05) is 12.1 Å². The van der Waals surface area contributed by atoms with Crippen molar-refractivity contribution in [1.82, 2.24) is 14.7 Å². The number of carboxylic acid groups (broad SMARTS) is 1. The second-order valence-corrected chi connectivity index (χ2v) is 5.86. The fourth-order valence-electron chi connectivity index (χ4n) is 3.07. The van der Waals surface area contributed by atoms with Crippen LogP contribution in [-0.2, 0) is 4.79 Å². The van der Waals surface area contributed by atoms with Crippen LogP contribution in [0, 0.1) is 12.7 Å². The fraction of sp³-hybridized carbons (Fsp3) is 0.353. The van der Waals surface area contributed by atoms with Crippen LogP contribution in [-0.4, -0.2) is 44.3 Å². The van der Waals surface area contributed by atoms with Gasteiger partial charge in [-0.3, -0.25) is 4.79 Å². The second-order valence-electron chi connectivity index (χ2n) is 5.86. The molecule has 0 radical (unpaired) electrons. The molecule has 1 fully saturated rings. The van der Waals surface area contributed by atoms with Gasteiger partial charge in [-0.25, -0.2) is 13.9 Å². The number of nitrogens with zero attached hydrogens (tertiary/aromatic N) is 3. The average Bonchev–Trinajstić information content (AvgIpc) is 2.96. The Morgan fingerprint density at radius 1 is 1.29 bits per heavy atom. The van der Waals surface area contributed by atoms with Gasteiger partial charge in [-0.05, 0) is 38.3 Å². The summed E-state index contributed by atoms with van der Waals surface area (Å²) in [5.41, 5.74) is 1.04. The van der Waals surface area contributed by atoms with Gasteiger partial charge in [0, 0.05) is 6.54 Å². The maximum Gasteiger partial charge on any atom is 0.326 e. The normalized spacial score (nSPS) is 17.8. The van der Waals surface area contributed by atoms with E-state index in [1.165, 1.54) is 21.8 Å². The molecule has 1 saturated heterocycles. The summed E-state index contributed by atoms with van der Waals surface area (Å²) in [6.45, 7) is 2.08. The van der Waals surface area contributed by atoms with Crippen molar-refractivity contribution < 1.29 is 19.1 Å². The van der Waals surface area contributed by atoms with Crippen LogP contribution in [0.2, 0.25) is 0 Å². The van der Waals surface area contributed by atoms with Crippen molar-refractivity contribution in [3.05, 3.63) is 47.5 Å². The van der Waals surface area contributed by atoms with Gasteiger partial charge in [-0.15, -0.1) is 0 Å². The SMILES string of the molecule is Cc1c(C(=O)N2CCCC[C@@H]2C(=O)O)cnn1-c1ccccc1F.